The molecule has 0 aliphatic heterocycles. The van der Waals surface area contributed by atoms with Gasteiger partial charge in [0.1, 0.15) is 12.7 Å². The standard InChI is InChI=1S/C50H95O10P/c1-3-5-7-9-11-13-15-17-19-20-21-22-23-24-25-26-28-29-31-33-35-37-39-41-49(53)57-45-48(46-59-61(55,56)58-44-47(52)43-51)60-50(54)42-40-38-36-34-32-30-27-18-16-14-12-10-8-6-4-2/h32-35,47-48,51-52H,3-31,36-46H2,1-2H3,(H,55,56)/b34-32+,35-33+/t47-,48+/m1/s1. The Morgan fingerprint density at radius 2 is 0.820 bits per heavy atom. The highest BCUT2D eigenvalue weighted by molar-refractivity contribution is 7.47. The smallest absolute Gasteiger partial charge is 0.462 e. The average Bonchev–Trinajstić information content (AvgIpc) is 3.25. The third kappa shape index (κ3) is 46.3. The van der Waals surface area contributed by atoms with E-state index in [1.54, 1.807) is 0 Å². The van der Waals surface area contributed by atoms with Crippen LogP contribution in [0.2, 0.25) is 0 Å². The molecule has 0 radical (unpaired) electrons. The molecule has 0 aromatic rings. The molecule has 0 saturated carbocycles. The fourth-order valence-corrected chi connectivity index (χ4v) is 7.96. The second-order valence-corrected chi connectivity index (χ2v) is 18.6. The number of carbonyl (C=O) groups excluding carboxylic acids is 2. The van der Waals surface area contributed by atoms with Gasteiger partial charge in [-0.1, -0.05) is 199 Å². The van der Waals surface area contributed by atoms with E-state index in [0.29, 0.717) is 12.8 Å². The van der Waals surface area contributed by atoms with Gasteiger partial charge in [0, 0.05) is 12.8 Å². The van der Waals surface area contributed by atoms with Crippen LogP contribution in [0.25, 0.3) is 0 Å². The van der Waals surface area contributed by atoms with Crippen molar-refractivity contribution in [1.82, 2.24) is 0 Å². The van der Waals surface area contributed by atoms with Crippen molar-refractivity contribution in [3.05, 3.63) is 24.3 Å². The topological polar surface area (TPSA) is 149 Å². The summed E-state index contributed by atoms with van der Waals surface area (Å²) in [6.07, 6.45) is 48.8. The van der Waals surface area contributed by atoms with Crippen LogP contribution in [0.4, 0.5) is 0 Å². The summed E-state index contributed by atoms with van der Waals surface area (Å²) in [6.45, 7) is 2.37. The number of carbonyl (C=O) groups is 2. The minimum Gasteiger partial charge on any atom is -0.462 e. The summed E-state index contributed by atoms with van der Waals surface area (Å²) in [5, 5.41) is 18.4. The molecule has 360 valence electrons. The van der Waals surface area contributed by atoms with Gasteiger partial charge in [-0.15, -0.1) is 0 Å². The number of rotatable bonds is 48. The van der Waals surface area contributed by atoms with Gasteiger partial charge in [0.15, 0.2) is 6.10 Å². The molecule has 1 unspecified atom stereocenters. The first-order valence-electron chi connectivity index (χ1n) is 25.3. The second kappa shape index (κ2) is 46.4. The highest BCUT2D eigenvalue weighted by atomic mass is 31.2. The lowest BCUT2D eigenvalue weighted by Gasteiger charge is -2.20. The molecule has 0 fully saturated rings. The van der Waals surface area contributed by atoms with E-state index >= 15 is 0 Å². The lowest BCUT2D eigenvalue weighted by atomic mass is 10.0. The van der Waals surface area contributed by atoms with E-state index in [1.807, 2.05) is 0 Å². The van der Waals surface area contributed by atoms with E-state index in [0.717, 1.165) is 32.1 Å². The number of esters is 2. The Hall–Kier alpha value is -1.55. The maximum Gasteiger partial charge on any atom is 0.472 e. The number of ether oxygens (including phenoxy) is 2. The Kier molecular flexibility index (Phi) is 45.3. The molecule has 0 heterocycles. The molecule has 0 spiro atoms. The van der Waals surface area contributed by atoms with Gasteiger partial charge in [0.2, 0.25) is 0 Å². The van der Waals surface area contributed by atoms with Crippen LogP contribution >= 0.6 is 7.82 Å². The SMILES string of the molecule is CCCCCCCCCCC/C=C/CCCCC(=O)O[C@@H](COC(=O)CCC/C=C/CCCCCCCCCCCCCCCCCCCC)COP(=O)(O)OC[C@H](O)CO. The fraction of sp³-hybridized carbons (Fsp3) is 0.880. The van der Waals surface area contributed by atoms with Crippen LogP contribution in [-0.4, -0.2) is 65.7 Å². The van der Waals surface area contributed by atoms with Gasteiger partial charge in [-0.3, -0.25) is 18.6 Å². The van der Waals surface area contributed by atoms with Crippen LogP contribution in [0.3, 0.4) is 0 Å². The van der Waals surface area contributed by atoms with Gasteiger partial charge in [-0.25, -0.2) is 4.57 Å². The number of phosphoric acid groups is 1. The van der Waals surface area contributed by atoms with Crippen molar-refractivity contribution < 1.29 is 47.8 Å². The highest BCUT2D eigenvalue weighted by Crippen LogP contribution is 2.43. The lowest BCUT2D eigenvalue weighted by Crippen LogP contribution is -2.29. The van der Waals surface area contributed by atoms with E-state index in [4.69, 9.17) is 23.6 Å². The van der Waals surface area contributed by atoms with Crippen molar-refractivity contribution in [1.29, 1.82) is 0 Å². The summed E-state index contributed by atoms with van der Waals surface area (Å²) in [5.74, 6) is -0.977. The molecule has 3 atom stereocenters. The Labute approximate surface area is 374 Å². The van der Waals surface area contributed by atoms with Crippen LogP contribution < -0.4 is 0 Å². The summed E-state index contributed by atoms with van der Waals surface area (Å²) >= 11 is 0. The average molecular weight is 887 g/mol. The van der Waals surface area contributed by atoms with E-state index < -0.39 is 51.8 Å². The molecule has 0 aromatic carbocycles. The molecule has 0 aliphatic carbocycles. The molecule has 0 aliphatic rings. The number of hydrogen-bond donors (Lipinski definition) is 3. The monoisotopic (exact) mass is 887 g/mol. The van der Waals surface area contributed by atoms with Crippen LogP contribution in [0.1, 0.15) is 245 Å². The van der Waals surface area contributed by atoms with Crippen molar-refractivity contribution in [3.8, 4) is 0 Å². The summed E-state index contributed by atoms with van der Waals surface area (Å²) < 4.78 is 32.8. The number of aliphatic hydroxyl groups is 2. The summed E-state index contributed by atoms with van der Waals surface area (Å²) in [4.78, 5) is 35.1. The van der Waals surface area contributed by atoms with Crippen molar-refractivity contribution in [2.75, 3.05) is 26.4 Å². The lowest BCUT2D eigenvalue weighted by molar-refractivity contribution is -0.161. The second-order valence-electron chi connectivity index (χ2n) is 17.2. The van der Waals surface area contributed by atoms with Crippen molar-refractivity contribution in [2.45, 2.75) is 257 Å². The predicted octanol–water partition coefficient (Wildman–Crippen LogP) is 14.1. The van der Waals surface area contributed by atoms with Crippen LogP contribution in [0, 0.1) is 0 Å². The van der Waals surface area contributed by atoms with Crippen molar-refractivity contribution in [3.63, 3.8) is 0 Å². The molecule has 0 saturated heterocycles. The van der Waals surface area contributed by atoms with E-state index in [1.165, 1.54) is 173 Å². The summed E-state index contributed by atoms with van der Waals surface area (Å²) in [5.41, 5.74) is 0. The Morgan fingerprint density at radius 1 is 0.475 bits per heavy atom. The van der Waals surface area contributed by atoms with Gasteiger partial charge < -0.3 is 24.6 Å². The van der Waals surface area contributed by atoms with E-state index in [2.05, 4.69) is 38.2 Å². The van der Waals surface area contributed by atoms with Crippen LogP contribution in [0.15, 0.2) is 24.3 Å². The minimum atomic E-state index is -4.63. The van der Waals surface area contributed by atoms with Gasteiger partial charge in [0.05, 0.1) is 19.8 Å². The Morgan fingerprint density at radius 3 is 1.23 bits per heavy atom. The predicted molar refractivity (Wildman–Crippen MR) is 252 cm³/mol. The minimum absolute atomic E-state index is 0.151. The summed E-state index contributed by atoms with van der Waals surface area (Å²) in [7, 11) is -4.63. The van der Waals surface area contributed by atoms with Gasteiger partial charge >= 0.3 is 19.8 Å². The van der Waals surface area contributed by atoms with Gasteiger partial charge in [-0.2, -0.15) is 0 Å². The third-order valence-corrected chi connectivity index (χ3v) is 12.0. The number of allylic oxidation sites excluding steroid dienone is 4. The largest absolute Gasteiger partial charge is 0.472 e. The number of aliphatic hydroxyl groups excluding tert-OH is 2. The molecule has 11 heteroatoms. The maximum atomic E-state index is 12.6. The van der Waals surface area contributed by atoms with E-state index in [9.17, 15) is 24.2 Å². The highest BCUT2D eigenvalue weighted by Gasteiger charge is 2.27. The normalized spacial score (nSPS) is 13.9. The first-order valence-corrected chi connectivity index (χ1v) is 26.8. The fourth-order valence-electron chi connectivity index (χ4n) is 7.17. The number of hydrogen-bond acceptors (Lipinski definition) is 9. The Balaban J connectivity index is 4.18. The Bertz CT molecular complexity index is 1070. The molecular weight excluding hydrogens is 792 g/mol. The molecular formula is C50H95O10P. The molecule has 0 amide bonds. The number of unbranched alkanes of at least 4 members (excludes halogenated alkanes) is 30. The first-order chi connectivity index (χ1) is 29.7. The van der Waals surface area contributed by atoms with E-state index in [-0.39, 0.29) is 19.4 Å². The van der Waals surface area contributed by atoms with Crippen LogP contribution in [0.5, 0.6) is 0 Å². The van der Waals surface area contributed by atoms with Crippen molar-refractivity contribution in [2.24, 2.45) is 0 Å². The van der Waals surface area contributed by atoms with Crippen LogP contribution in [-0.2, 0) is 32.7 Å². The summed E-state index contributed by atoms with van der Waals surface area (Å²) in [6, 6.07) is 0. The molecule has 0 bridgehead atoms. The zero-order chi connectivity index (χ0) is 44.8. The molecule has 10 nitrogen and oxygen atoms in total. The van der Waals surface area contributed by atoms with Gasteiger partial charge in [0.25, 0.3) is 0 Å². The quantitative estimate of drug-likeness (QED) is 0.0233. The zero-order valence-corrected chi connectivity index (χ0v) is 40.3. The maximum absolute atomic E-state index is 12.6. The third-order valence-electron chi connectivity index (χ3n) is 11.1. The number of phosphoric ester groups is 1. The molecule has 0 rings (SSSR count). The molecule has 3 N–H and O–H groups in total. The zero-order valence-electron chi connectivity index (χ0n) is 39.4. The first kappa shape index (κ1) is 59.5. The molecule has 61 heavy (non-hydrogen) atoms. The van der Waals surface area contributed by atoms with Crippen molar-refractivity contribution >= 4 is 19.8 Å². The molecule has 0 aromatic heterocycles. The van der Waals surface area contributed by atoms with Gasteiger partial charge in [-0.05, 0) is 57.8 Å².